The molecule has 0 saturated heterocycles. The molecule has 1 aromatic heterocycles. The van der Waals surface area contributed by atoms with Gasteiger partial charge in [-0.1, -0.05) is 11.8 Å². The summed E-state index contributed by atoms with van der Waals surface area (Å²) in [5.41, 5.74) is 0. The van der Waals surface area contributed by atoms with Crippen LogP contribution in [0.5, 0.6) is 0 Å². The van der Waals surface area contributed by atoms with E-state index in [4.69, 9.17) is 18.0 Å². The van der Waals surface area contributed by atoms with Crippen molar-refractivity contribution in [3.63, 3.8) is 0 Å². The van der Waals surface area contributed by atoms with Crippen LogP contribution in [-0.2, 0) is 0 Å². The molecule has 0 aliphatic rings. The molecule has 0 amide bonds. The molecular weight excluding hydrogens is 240 g/mol. The quantitative estimate of drug-likeness (QED) is 0.630. The van der Waals surface area contributed by atoms with E-state index in [1.54, 1.807) is 13.0 Å². The first kappa shape index (κ1) is 12.7. The molecule has 1 N–H and O–H groups in total. The van der Waals surface area contributed by atoms with E-state index in [2.05, 4.69) is 29.6 Å². The monoisotopic (exact) mass is 248 g/mol. The lowest BCUT2D eigenvalue weighted by molar-refractivity contribution is 0.191. The predicted molar refractivity (Wildman–Crippen MR) is 68.1 cm³/mol. The third kappa shape index (κ3) is 3.34. The van der Waals surface area contributed by atoms with Gasteiger partial charge in [0.1, 0.15) is 11.5 Å². The number of aliphatic hydroxyl groups is 1. The van der Waals surface area contributed by atoms with Gasteiger partial charge in [-0.3, -0.25) is 0 Å². The van der Waals surface area contributed by atoms with Crippen LogP contribution in [0.3, 0.4) is 0 Å². The molecule has 0 aliphatic heterocycles. The van der Waals surface area contributed by atoms with Crippen molar-refractivity contribution in [1.82, 2.24) is 0 Å². The van der Waals surface area contributed by atoms with Gasteiger partial charge in [0, 0.05) is 4.88 Å². The highest BCUT2D eigenvalue weighted by Crippen LogP contribution is 2.27. The Morgan fingerprint density at radius 3 is 2.81 bits per heavy atom. The zero-order chi connectivity index (χ0) is 12.0. The molecule has 1 heterocycles. The number of hydrogen-bond donors (Lipinski definition) is 1. The second-order valence-electron chi connectivity index (χ2n) is 2.84. The minimum Gasteiger partial charge on any atom is -0.385 e. The topological polar surface area (TPSA) is 20.2 Å². The van der Waals surface area contributed by atoms with Crippen molar-refractivity contribution in [3.05, 3.63) is 21.9 Å². The lowest BCUT2D eigenvalue weighted by Gasteiger charge is -2.08. The van der Waals surface area contributed by atoms with Crippen LogP contribution in [0.15, 0.2) is 12.1 Å². The van der Waals surface area contributed by atoms with E-state index >= 15 is 0 Å². The molecule has 1 nitrogen and oxygen atoms in total. The van der Waals surface area contributed by atoms with Crippen LogP contribution in [0.1, 0.15) is 22.8 Å². The molecule has 16 heavy (non-hydrogen) atoms. The Hall–Kier alpha value is -1.37. The standard InChI is InChI=1S/C13H9ClOS/c1-3-5-6-7-10-8-9-12(16-10)13(15)11(14)4-2/h2,8-9,11,13,15H,1H3. The van der Waals surface area contributed by atoms with E-state index in [9.17, 15) is 5.11 Å². The summed E-state index contributed by atoms with van der Waals surface area (Å²) in [7, 11) is 0. The molecule has 2 unspecified atom stereocenters. The molecule has 0 aliphatic carbocycles. The highest BCUT2D eigenvalue weighted by molar-refractivity contribution is 7.12. The van der Waals surface area contributed by atoms with Crippen LogP contribution in [0.4, 0.5) is 0 Å². The first-order valence-electron chi connectivity index (χ1n) is 4.49. The summed E-state index contributed by atoms with van der Waals surface area (Å²) in [4.78, 5) is 1.55. The van der Waals surface area contributed by atoms with Crippen molar-refractivity contribution in [2.75, 3.05) is 0 Å². The van der Waals surface area contributed by atoms with Crippen molar-refractivity contribution < 1.29 is 5.11 Å². The second-order valence-corrected chi connectivity index (χ2v) is 4.43. The Labute approximate surface area is 104 Å². The molecule has 0 saturated carbocycles. The fourth-order valence-corrected chi connectivity index (χ4v) is 2.07. The summed E-state index contributed by atoms with van der Waals surface area (Å²) in [5.74, 6) is 13.2. The molecular formula is C13H9ClOS. The lowest BCUT2D eigenvalue weighted by atomic mass is 10.2. The molecule has 3 heteroatoms. The number of hydrogen-bond acceptors (Lipinski definition) is 2. The van der Waals surface area contributed by atoms with Crippen molar-refractivity contribution in [3.8, 4) is 36.0 Å². The van der Waals surface area contributed by atoms with E-state index in [0.717, 1.165) is 4.88 Å². The van der Waals surface area contributed by atoms with Crippen LogP contribution in [-0.4, -0.2) is 10.5 Å². The van der Waals surface area contributed by atoms with Gasteiger partial charge in [-0.2, -0.15) is 0 Å². The first-order chi connectivity index (χ1) is 7.69. The van der Waals surface area contributed by atoms with E-state index in [-0.39, 0.29) is 0 Å². The number of thiophene rings is 1. The number of halogens is 1. The van der Waals surface area contributed by atoms with Gasteiger partial charge in [0.05, 0.1) is 4.88 Å². The number of terminal acetylenes is 1. The summed E-state index contributed by atoms with van der Waals surface area (Å²) >= 11 is 7.11. The van der Waals surface area contributed by atoms with Gasteiger partial charge in [-0.25, -0.2) is 0 Å². The van der Waals surface area contributed by atoms with Crippen LogP contribution >= 0.6 is 22.9 Å². The van der Waals surface area contributed by atoms with E-state index in [0.29, 0.717) is 4.88 Å². The number of aliphatic hydroxyl groups excluding tert-OH is 1. The predicted octanol–water partition coefficient (Wildman–Crippen LogP) is 2.40. The Morgan fingerprint density at radius 2 is 2.19 bits per heavy atom. The molecule has 1 aromatic rings. The fraction of sp³-hybridized carbons (Fsp3) is 0.231. The van der Waals surface area contributed by atoms with Gasteiger partial charge in [0.25, 0.3) is 0 Å². The third-order valence-corrected chi connectivity index (χ3v) is 3.16. The molecule has 80 valence electrons. The lowest BCUT2D eigenvalue weighted by Crippen LogP contribution is -2.07. The van der Waals surface area contributed by atoms with Crippen molar-refractivity contribution in [2.24, 2.45) is 0 Å². The van der Waals surface area contributed by atoms with Crippen molar-refractivity contribution in [2.45, 2.75) is 18.4 Å². The largest absolute Gasteiger partial charge is 0.385 e. The van der Waals surface area contributed by atoms with Crippen LogP contribution < -0.4 is 0 Å². The van der Waals surface area contributed by atoms with Gasteiger partial charge in [0.2, 0.25) is 0 Å². The highest BCUT2D eigenvalue weighted by Gasteiger charge is 2.17. The Bertz CT molecular complexity index is 516. The Kier molecular flexibility index (Phi) is 4.97. The third-order valence-electron chi connectivity index (χ3n) is 1.73. The smallest absolute Gasteiger partial charge is 0.125 e. The van der Waals surface area contributed by atoms with Gasteiger partial charge >= 0.3 is 0 Å². The maximum Gasteiger partial charge on any atom is 0.125 e. The normalized spacial score (nSPS) is 12.4. The molecule has 2 atom stereocenters. The summed E-state index contributed by atoms with van der Waals surface area (Å²) < 4.78 is 0. The van der Waals surface area contributed by atoms with Gasteiger partial charge in [-0.15, -0.1) is 29.4 Å². The van der Waals surface area contributed by atoms with E-state index < -0.39 is 11.5 Å². The van der Waals surface area contributed by atoms with Crippen LogP contribution in [0, 0.1) is 36.0 Å². The van der Waals surface area contributed by atoms with Gasteiger partial charge in [-0.05, 0) is 36.8 Å². The summed E-state index contributed by atoms with van der Waals surface area (Å²) in [6, 6.07) is 3.58. The van der Waals surface area contributed by atoms with Crippen molar-refractivity contribution >= 4 is 22.9 Å². The summed E-state index contributed by atoms with van der Waals surface area (Å²) in [5, 5.41) is 9.02. The molecule has 0 bridgehead atoms. The Morgan fingerprint density at radius 1 is 1.44 bits per heavy atom. The van der Waals surface area contributed by atoms with Gasteiger partial charge < -0.3 is 5.11 Å². The average molecular weight is 249 g/mol. The van der Waals surface area contributed by atoms with Crippen LogP contribution in [0.25, 0.3) is 0 Å². The first-order valence-corrected chi connectivity index (χ1v) is 5.75. The molecule has 1 rings (SSSR count). The molecule has 0 spiro atoms. The Balaban J connectivity index is 2.83. The van der Waals surface area contributed by atoms with Crippen LogP contribution in [0.2, 0.25) is 0 Å². The fourth-order valence-electron chi connectivity index (χ4n) is 0.970. The molecule has 0 aromatic carbocycles. The average Bonchev–Trinajstić information content (AvgIpc) is 2.76. The molecule has 0 fully saturated rings. The zero-order valence-corrected chi connectivity index (χ0v) is 10.2. The number of rotatable bonds is 2. The maximum atomic E-state index is 9.73. The number of alkyl halides is 1. The summed E-state index contributed by atoms with van der Waals surface area (Å²) in [6.45, 7) is 1.73. The minimum absolute atomic E-state index is 0.713. The summed E-state index contributed by atoms with van der Waals surface area (Å²) in [6.07, 6.45) is 4.29. The SMILES string of the molecule is C#CC(Cl)C(O)c1ccc(C#CC#CC)s1. The van der Waals surface area contributed by atoms with Gasteiger partial charge in [0.15, 0.2) is 0 Å². The highest BCUT2D eigenvalue weighted by atomic mass is 35.5. The van der Waals surface area contributed by atoms with E-state index in [1.807, 2.05) is 6.07 Å². The van der Waals surface area contributed by atoms with Crippen molar-refractivity contribution in [1.29, 1.82) is 0 Å². The second kappa shape index (κ2) is 6.26. The zero-order valence-electron chi connectivity index (χ0n) is 8.62. The molecule has 0 radical (unpaired) electrons. The van der Waals surface area contributed by atoms with E-state index in [1.165, 1.54) is 11.3 Å². The maximum absolute atomic E-state index is 9.73. The minimum atomic E-state index is -0.843.